The van der Waals surface area contributed by atoms with Crippen LogP contribution < -0.4 is 21.3 Å². The van der Waals surface area contributed by atoms with Crippen molar-refractivity contribution in [1.29, 1.82) is 0 Å². The number of para-hydroxylation sites is 1. The minimum Gasteiger partial charge on any atom is -0.370 e. The van der Waals surface area contributed by atoms with Gasteiger partial charge in [0.15, 0.2) is 0 Å². The van der Waals surface area contributed by atoms with E-state index in [0.717, 1.165) is 42.4 Å². The lowest BCUT2D eigenvalue weighted by atomic mass is 10.0. The molecule has 0 fully saturated rings. The van der Waals surface area contributed by atoms with Crippen molar-refractivity contribution in [3.05, 3.63) is 90.4 Å². The summed E-state index contributed by atoms with van der Waals surface area (Å²) in [6.07, 6.45) is 4.21. The number of hydrogen-bond donors (Lipinski definition) is 3. The minimum atomic E-state index is 0.696. The van der Waals surface area contributed by atoms with Crippen LogP contribution in [0.1, 0.15) is 52.2 Å². The molecule has 0 aliphatic heterocycles. The zero-order chi connectivity index (χ0) is 27.9. The van der Waals surface area contributed by atoms with Crippen LogP contribution in [0.2, 0.25) is 0 Å². The average molecular weight is 532 g/mol. The van der Waals surface area contributed by atoms with Crippen molar-refractivity contribution < 1.29 is 0 Å². The summed E-state index contributed by atoms with van der Waals surface area (Å²) in [5, 5.41) is 16.3. The molecule has 4 aromatic rings. The lowest BCUT2D eigenvalue weighted by Crippen LogP contribution is -2.25. The Hall–Kier alpha value is -3.30. The second-order valence-electron chi connectivity index (χ2n) is 8.72. The molecule has 3 N–H and O–H groups in total. The molecule has 0 aliphatic carbocycles. The van der Waals surface area contributed by atoms with Gasteiger partial charge in [0.2, 0.25) is 0 Å². The summed E-state index contributed by atoms with van der Waals surface area (Å²) in [6.45, 7) is 20.4. The smallest absolute Gasteiger partial charge is 0.128 e. The van der Waals surface area contributed by atoms with Gasteiger partial charge in [-0.15, -0.1) is 0 Å². The van der Waals surface area contributed by atoms with Crippen molar-refractivity contribution in [2.75, 3.05) is 30.4 Å². The Labute approximate surface area is 231 Å². The van der Waals surface area contributed by atoms with Crippen LogP contribution in [0.3, 0.4) is 0 Å². The molecule has 0 radical (unpaired) electrons. The molecule has 0 aliphatic rings. The second-order valence-corrected chi connectivity index (χ2v) is 9.76. The van der Waals surface area contributed by atoms with E-state index in [2.05, 4.69) is 117 Å². The molecule has 0 amide bonds. The van der Waals surface area contributed by atoms with Crippen LogP contribution >= 0.6 is 8.58 Å². The summed E-state index contributed by atoms with van der Waals surface area (Å²) in [4.78, 5) is 0. The van der Waals surface area contributed by atoms with Gasteiger partial charge < -0.3 is 16.0 Å². The molecule has 0 spiro atoms. The molecule has 0 saturated heterocycles. The van der Waals surface area contributed by atoms with Crippen LogP contribution in [0, 0.1) is 6.92 Å². The van der Waals surface area contributed by atoms with E-state index in [1.54, 1.807) is 0 Å². The van der Waals surface area contributed by atoms with Gasteiger partial charge in [-0.05, 0) is 60.5 Å². The van der Waals surface area contributed by atoms with E-state index in [4.69, 9.17) is 0 Å². The largest absolute Gasteiger partial charge is 0.370 e. The minimum absolute atomic E-state index is 0.696. The summed E-state index contributed by atoms with van der Waals surface area (Å²) >= 11 is 0. The summed E-state index contributed by atoms with van der Waals surface area (Å²) in [5.74, 6) is 1.79. The first kappa shape index (κ1) is 30.9. The number of fused-ring (bicyclic) bond motifs is 1. The number of aromatic nitrogens is 2. The lowest BCUT2D eigenvalue weighted by Gasteiger charge is -2.16. The maximum atomic E-state index is 4.65. The van der Waals surface area contributed by atoms with E-state index in [9.17, 15) is 0 Å². The van der Waals surface area contributed by atoms with Gasteiger partial charge >= 0.3 is 0 Å². The molecular formula is C32H46N5P. The predicted octanol–water partition coefficient (Wildman–Crippen LogP) is 7.83. The molecule has 0 bridgehead atoms. The van der Waals surface area contributed by atoms with Gasteiger partial charge in [-0.25, -0.2) is 4.52 Å². The fourth-order valence-electron chi connectivity index (χ4n) is 4.02. The number of hydrogen-bond acceptors (Lipinski definition) is 4. The quantitative estimate of drug-likeness (QED) is 0.144. The number of benzene rings is 2. The van der Waals surface area contributed by atoms with Crippen molar-refractivity contribution in [1.82, 2.24) is 14.9 Å². The highest BCUT2D eigenvalue weighted by molar-refractivity contribution is 7.46. The number of pyridine rings is 1. The highest BCUT2D eigenvalue weighted by Gasteiger charge is 2.11. The van der Waals surface area contributed by atoms with Crippen LogP contribution in [0.15, 0.2) is 79.3 Å². The molecule has 1 unspecified atom stereocenters. The third kappa shape index (κ3) is 8.36. The maximum absolute atomic E-state index is 4.65. The maximum Gasteiger partial charge on any atom is 0.128 e. The molecule has 4 rings (SSSR count). The third-order valence-corrected chi connectivity index (χ3v) is 6.72. The first-order valence-electron chi connectivity index (χ1n) is 13.8. The summed E-state index contributed by atoms with van der Waals surface area (Å²) in [5.41, 5.74) is 7.26. The Morgan fingerprint density at radius 3 is 2.34 bits per heavy atom. The number of nitrogens with one attached hydrogen (secondary N) is 3. The average Bonchev–Trinajstić information content (AvgIpc) is 3.36. The molecule has 2 aromatic heterocycles. The van der Waals surface area contributed by atoms with Crippen molar-refractivity contribution in [3.8, 4) is 11.1 Å². The van der Waals surface area contributed by atoms with E-state index < -0.39 is 0 Å². The van der Waals surface area contributed by atoms with Gasteiger partial charge in [-0.1, -0.05) is 98.7 Å². The zero-order valence-electron chi connectivity index (χ0n) is 24.3. The predicted molar refractivity (Wildman–Crippen MR) is 172 cm³/mol. The van der Waals surface area contributed by atoms with Gasteiger partial charge in [-0.2, -0.15) is 5.10 Å². The first-order chi connectivity index (χ1) is 18.5. The van der Waals surface area contributed by atoms with E-state index in [1.807, 2.05) is 30.6 Å². The van der Waals surface area contributed by atoms with Crippen LogP contribution in [0.25, 0.3) is 16.6 Å². The highest BCUT2D eigenvalue weighted by Crippen LogP contribution is 2.28. The SMILES string of the molecule is C=C(NCCNc1cc(-c2ccccc2C)cc2c(PC)cnn12)Nc1ccccc1CC.CC.CCC. The zero-order valence-corrected chi connectivity index (χ0v) is 25.3. The van der Waals surface area contributed by atoms with E-state index in [0.29, 0.717) is 8.58 Å². The Morgan fingerprint density at radius 2 is 1.66 bits per heavy atom. The van der Waals surface area contributed by atoms with Crippen LogP contribution in [-0.4, -0.2) is 29.4 Å². The Kier molecular flexibility index (Phi) is 13.4. The molecule has 2 heterocycles. The summed E-state index contributed by atoms with van der Waals surface area (Å²) < 4.78 is 2.01. The number of nitrogens with zero attached hydrogens (tertiary/aromatic N) is 2. The molecule has 5 nitrogen and oxygen atoms in total. The Morgan fingerprint density at radius 1 is 0.974 bits per heavy atom. The molecule has 38 heavy (non-hydrogen) atoms. The van der Waals surface area contributed by atoms with E-state index in [1.165, 1.54) is 34.0 Å². The molecule has 1 atom stereocenters. The van der Waals surface area contributed by atoms with Gasteiger partial charge in [0.1, 0.15) is 5.82 Å². The van der Waals surface area contributed by atoms with Crippen LogP contribution in [0.5, 0.6) is 0 Å². The van der Waals surface area contributed by atoms with E-state index >= 15 is 0 Å². The van der Waals surface area contributed by atoms with Crippen LogP contribution in [-0.2, 0) is 6.42 Å². The van der Waals surface area contributed by atoms with Crippen LogP contribution in [0.4, 0.5) is 11.5 Å². The Balaban J connectivity index is 0.000000947. The normalized spacial score (nSPS) is 10.4. The highest BCUT2D eigenvalue weighted by atomic mass is 31.1. The van der Waals surface area contributed by atoms with Gasteiger partial charge in [0, 0.05) is 24.1 Å². The molecule has 6 heteroatoms. The fraction of sp³-hybridized carbons (Fsp3) is 0.344. The standard InChI is InChI=1S/C27H32N5P.C3H8.C2H6/c1-5-21-11-7-9-13-24(21)31-20(3)28-14-15-29-27-17-22(23-12-8-6-10-19(23)2)16-25-26(33-4)18-30-32(25)27;1-3-2;1-2/h6-13,16-18,28-29,31,33H,3,5,14-15H2,1-2,4H3;3H2,1-2H3;1-2H3. The molecule has 2 aromatic carbocycles. The second kappa shape index (κ2) is 16.5. The van der Waals surface area contributed by atoms with Crippen molar-refractivity contribution >= 4 is 30.9 Å². The van der Waals surface area contributed by atoms with Gasteiger partial charge in [0.25, 0.3) is 0 Å². The molecule has 204 valence electrons. The number of aryl methyl sites for hydroxylation is 2. The van der Waals surface area contributed by atoms with Crippen molar-refractivity contribution in [2.45, 2.75) is 54.4 Å². The fourth-order valence-corrected chi connectivity index (χ4v) is 4.64. The topological polar surface area (TPSA) is 53.4 Å². The monoisotopic (exact) mass is 531 g/mol. The van der Waals surface area contributed by atoms with Gasteiger partial charge in [-0.3, -0.25) is 0 Å². The van der Waals surface area contributed by atoms with Crippen molar-refractivity contribution in [3.63, 3.8) is 0 Å². The number of anilines is 2. The summed E-state index contributed by atoms with van der Waals surface area (Å²) in [6, 6.07) is 21.3. The first-order valence-corrected chi connectivity index (χ1v) is 15.3. The van der Waals surface area contributed by atoms with Crippen molar-refractivity contribution in [2.24, 2.45) is 0 Å². The summed E-state index contributed by atoms with van der Waals surface area (Å²) in [7, 11) is 0.696. The molecule has 0 saturated carbocycles. The number of rotatable bonds is 10. The third-order valence-electron chi connectivity index (χ3n) is 5.80. The lowest BCUT2D eigenvalue weighted by molar-refractivity contribution is 0.816. The van der Waals surface area contributed by atoms with E-state index in [-0.39, 0.29) is 0 Å². The van der Waals surface area contributed by atoms with Gasteiger partial charge in [0.05, 0.1) is 17.5 Å². The Bertz CT molecular complexity index is 1280. The molecular weight excluding hydrogens is 485 g/mol.